The summed E-state index contributed by atoms with van der Waals surface area (Å²) in [4.78, 5) is 12.6. The highest BCUT2D eigenvalue weighted by atomic mass is 32.2. The van der Waals surface area contributed by atoms with E-state index < -0.39 is 15.9 Å². The third-order valence-electron chi connectivity index (χ3n) is 4.46. The molecule has 0 fully saturated rings. The SMILES string of the molecule is Cc1cc(C)cc(NC(=O)Nc2ccc(C)c(S(=O)(=O)Cc3ccccc3)c2)c1. The summed E-state index contributed by atoms with van der Waals surface area (Å²) in [5.74, 6) is -0.0904. The quantitative estimate of drug-likeness (QED) is 0.607. The van der Waals surface area contributed by atoms with Gasteiger partial charge in [-0.1, -0.05) is 42.5 Å². The highest BCUT2D eigenvalue weighted by molar-refractivity contribution is 7.90. The molecule has 3 aromatic carbocycles. The molecule has 0 heterocycles. The van der Waals surface area contributed by atoms with Crippen molar-refractivity contribution in [2.24, 2.45) is 0 Å². The van der Waals surface area contributed by atoms with Crippen molar-refractivity contribution < 1.29 is 13.2 Å². The van der Waals surface area contributed by atoms with Gasteiger partial charge in [-0.05, 0) is 67.3 Å². The second kappa shape index (κ2) is 8.49. The molecule has 0 saturated heterocycles. The molecule has 3 rings (SSSR count). The Kier molecular flexibility index (Phi) is 6.03. The van der Waals surface area contributed by atoms with Gasteiger partial charge in [-0.2, -0.15) is 0 Å². The Labute approximate surface area is 171 Å². The first kappa shape index (κ1) is 20.6. The van der Waals surface area contributed by atoms with Gasteiger partial charge >= 0.3 is 6.03 Å². The number of anilines is 2. The fourth-order valence-corrected chi connectivity index (χ4v) is 4.88. The van der Waals surface area contributed by atoms with Crippen molar-refractivity contribution in [2.75, 3.05) is 10.6 Å². The lowest BCUT2D eigenvalue weighted by atomic mass is 10.1. The summed E-state index contributed by atoms with van der Waals surface area (Å²) in [6.45, 7) is 5.66. The molecule has 0 saturated carbocycles. The minimum Gasteiger partial charge on any atom is -0.308 e. The highest BCUT2D eigenvalue weighted by Gasteiger charge is 2.19. The first-order valence-corrected chi connectivity index (χ1v) is 10.9. The molecule has 5 nitrogen and oxygen atoms in total. The van der Waals surface area contributed by atoms with Crippen LogP contribution in [0.15, 0.2) is 71.6 Å². The van der Waals surface area contributed by atoms with Gasteiger partial charge in [0.25, 0.3) is 0 Å². The first-order valence-electron chi connectivity index (χ1n) is 9.26. The van der Waals surface area contributed by atoms with E-state index in [9.17, 15) is 13.2 Å². The summed E-state index contributed by atoms with van der Waals surface area (Å²) in [6, 6.07) is 19.3. The Morgan fingerprint density at radius 3 is 2.07 bits per heavy atom. The fraction of sp³-hybridized carbons (Fsp3) is 0.174. The van der Waals surface area contributed by atoms with E-state index in [1.54, 1.807) is 31.2 Å². The number of amides is 2. The first-order chi connectivity index (χ1) is 13.7. The molecule has 6 heteroatoms. The van der Waals surface area contributed by atoms with Crippen molar-refractivity contribution in [1.82, 2.24) is 0 Å². The molecule has 150 valence electrons. The molecular formula is C23H24N2O3S. The van der Waals surface area contributed by atoms with Crippen LogP contribution in [0.5, 0.6) is 0 Å². The molecule has 0 aliphatic heterocycles. The van der Waals surface area contributed by atoms with E-state index >= 15 is 0 Å². The maximum atomic E-state index is 12.9. The van der Waals surface area contributed by atoms with Crippen molar-refractivity contribution in [1.29, 1.82) is 0 Å². The van der Waals surface area contributed by atoms with E-state index in [1.807, 2.05) is 50.2 Å². The Bertz CT molecular complexity index is 1120. The smallest absolute Gasteiger partial charge is 0.308 e. The highest BCUT2D eigenvalue weighted by Crippen LogP contribution is 2.24. The lowest BCUT2D eigenvalue weighted by molar-refractivity contribution is 0.262. The van der Waals surface area contributed by atoms with Crippen molar-refractivity contribution in [3.8, 4) is 0 Å². The van der Waals surface area contributed by atoms with Crippen molar-refractivity contribution in [3.63, 3.8) is 0 Å². The minimum atomic E-state index is -3.54. The Hall–Kier alpha value is -3.12. The number of carbonyl (C=O) groups excluding carboxylic acids is 1. The maximum absolute atomic E-state index is 12.9. The number of sulfone groups is 1. The summed E-state index contributed by atoms with van der Waals surface area (Å²) in [5, 5.41) is 5.50. The molecule has 2 amide bonds. The van der Waals surface area contributed by atoms with Crippen molar-refractivity contribution >= 4 is 27.2 Å². The summed E-state index contributed by atoms with van der Waals surface area (Å²) >= 11 is 0. The van der Waals surface area contributed by atoms with Gasteiger partial charge in [0.2, 0.25) is 0 Å². The van der Waals surface area contributed by atoms with E-state index in [4.69, 9.17) is 0 Å². The van der Waals surface area contributed by atoms with Crippen LogP contribution in [0.2, 0.25) is 0 Å². The number of benzene rings is 3. The van der Waals surface area contributed by atoms with Gasteiger partial charge < -0.3 is 10.6 Å². The molecular weight excluding hydrogens is 384 g/mol. The predicted octanol–water partition coefficient (Wildman–Crippen LogP) is 5.23. The molecule has 0 spiro atoms. The molecule has 0 aliphatic rings. The van der Waals surface area contributed by atoms with Crippen LogP contribution < -0.4 is 10.6 Å². The zero-order chi connectivity index (χ0) is 21.0. The van der Waals surface area contributed by atoms with Crippen LogP contribution in [0.4, 0.5) is 16.2 Å². The zero-order valence-corrected chi connectivity index (χ0v) is 17.5. The molecule has 3 aromatic rings. The second-order valence-corrected chi connectivity index (χ2v) is 9.14. The van der Waals surface area contributed by atoms with Crippen molar-refractivity contribution in [3.05, 3.63) is 89.0 Å². The van der Waals surface area contributed by atoms with Gasteiger partial charge in [0, 0.05) is 11.4 Å². The van der Waals surface area contributed by atoms with Gasteiger partial charge in [-0.15, -0.1) is 0 Å². The number of rotatable bonds is 5. The number of aryl methyl sites for hydroxylation is 3. The summed E-state index contributed by atoms with van der Waals surface area (Å²) in [7, 11) is -3.54. The van der Waals surface area contributed by atoms with Gasteiger partial charge in [0.15, 0.2) is 9.84 Å². The molecule has 29 heavy (non-hydrogen) atoms. The minimum absolute atomic E-state index is 0.0904. The van der Waals surface area contributed by atoms with Crippen LogP contribution in [0.25, 0.3) is 0 Å². The van der Waals surface area contributed by atoms with Crippen LogP contribution in [-0.2, 0) is 15.6 Å². The molecule has 0 aliphatic carbocycles. The van der Waals surface area contributed by atoms with E-state index in [0.29, 0.717) is 16.9 Å². The Balaban J connectivity index is 1.78. The average Bonchev–Trinajstić information content (AvgIpc) is 2.62. The zero-order valence-electron chi connectivity index (χ0n) is 16.7. The van der Waals surface area contributed by atoms with Crippen LogP contribution in [-0.4, -0.2) is 14.4 Å². The summed E-state index contributed by atoms with van der Waals surface area (Å²) in [5.41, 5.74) is 4.56. The second-order valence-electron chi connectivity index (χ2n) is 7.18. The molecule has 0 radical (unpaired) electrons. The number of nitrogens with one attached hydrogen (secondary N) is 2. The lowest BCUT2D eigenvalue weighted by Gasteiger charge is -2.12. The third kappa shape index (κ3) is 5.45. The van der Waals surface area contributed by atoms with Crippen LogP contribution >= 0.6 is 0 Å². The molecule has 0 atom stereocenters. The number of hydrogen-bond acceptors (Lipinski definition) is 3. The van der Waals surface area contributed by atoms with Gasteiger partial charge in [-0.3, -0.25) is 0 Å². The predicted molar refractivity (Wildman–Crippen MR) is 117 cm³/mol. The molecule has 0 aromatic heterocycles. The topological polar surface area (TPSA) is 75.3 Å². The molecule has 0 unspecified atom stereocenters. The Morgan fingerprint density at radius 2 is 1.41 bits per heavy atom. The summed E-state index contributed by atoms with van der Waals surface area (Å²) < 4.78 is 25.8. The average molecular weight is 409 g/mol. The van der Waals surface area contributed by atoms with E-state index in [-0.39, 0.29) is 10.6 Å². The van der Waals surface area contributed by atoms with Gasteiger partial charge in [-0.25, -0.2) is 13.2 Å². The molecule has 2 N–H and O–H groups in total. The number of urea groups is 1. The lowest BCUT2D eigenvalue weighted by Crippen LogP contribution is -2.20. The van der Waals surface area contributed by atoms with Crippen LogP contribution in [0.1, 0.15) is 22.3 Å². The molecule has 0 bridgehead atoms. The van der Waals surface area contributed by atoms with Crippen LogP contribution in [0.3, 0.4) is 0 Å². The number of carbonyl (C=O) groups is 1. The Morgan fingerprint density at radius 1 is 0.793 bits per heavy atom. The van der Waals surface area contributed by atoms with Crippen LogP contribution in [0, 0.1) is 20.8 Å². The maximum Gasteiger partial charge on any atom is 0.323 e. The largest absolute Gasteiger partial charge is 0.323 e. The third-order valence-corrected chi connectivity index (χ3v) is 6.28. The summed E-state index contributed by atoms with van der Waals surface area (Å²) in [6.07, 6.45) is 0. The van der Waals surface area contributed by atoms with E-state index in [2.05, 4.69) is 10.6 Å². The fourth-order valence-electron chi connectivity index (χ4n) is 3.22. The van der Waals surface area contributed by atoms with Crippen molar-refractivity contribution in [2.45, 2.75) is 31.4 Å². The van der Waals surface area contributed by atoms with Gasteiger partial charge in [0.1, 0.15) is 0 Å². The van der Waals surface area contributed by atoms with E-state index in [0.717, 1.165) is 16.7 Å². The standard InChI is InChI=1S/C23H24N2O3S/c1-16-11-17(2)13-21(12-16)25-23(26)24-20-10-9-18(3)22(14-20)29(27,28)15-19-7-5-4-6-8-19/h4-14H,15H2,1-3H3,(H2,24,25,26). The van der Waals surface area contributed by atoms with E-state index in [1.165, 1.54) is 6.07 Å². The monoisotopic (exact) mass is 408 g/mol. The van der Waals surface area contributed by atoms with Gasteiger partial charge in [0.05, 0.1) is 10.6 Å². The number of hydrogen-bond donors (Lipinski definition) is 2. The normalized spacial score (nSPS) is 11.1.